The average Bonchev–Trinajstić information content (AvgIpc) is 2.85. The normalized spacial score (nSPS) is 17.5. The van der Waals surface area contributed by atoms with Crippen molar-refractivity contribution in [1.29, 1.82) is 0 Å². The summed E-state index contributed by atoms with van der Waals surface area (Å²) in [5.74, 6) is 0. The molecule has 1 fully saturated rings. The number of rotatable bonds is 6. The second-order valence-electron chi connectivity index (χ2n) is 5.75. The standard InChI is InChI=1S/C16H22N2O/c1-19-12-16(7-3-8-16)11-17-10-13-4-2-5-15-14(13)6-9-18-15/h2,4-6,9,17-18H,3,7-8,10-12H2,1H3. The van der Waals surface area contributed by atoms with E-state index in [9.17, 15) is 0 Å². The van der Waals surface area contributed by atoms with Crippen LogP contribution in [-0.4, -0.2) is 25.2 Å². The zero-order valence-corrected chi connectivity index (χ0v) is 11.5. The van der Waals surface area contributed by atoms with Crippen molar-refractivity contribution in [1.82, 2.24) is 10.3 Å². The summed E-state index contributed by atoms with van der Waals surface area (Å²) in [5, 5.41) is 4.94. The van der Waals surface area contributed by atoms with Crippen LogP contribution in [0.3, 0.4) is 0 Å². The molecular formula is C16H22N2O. The fourth-order valence-corrected chi connectivity index (χ4v) is 3.12. The van der Waals surface area contributed by atoms with Crippen LogP contribution in [-0.2, 0) is 11.3 Å². The molecule has 102 valence electrons. The number of benzene rings is 1. The van der Waals surface area contributed by atoms with E-state index in [1.807, 2.05) is 6.20 Å². The minimum absolute atomic E-state index is 0.390. The molecule has 19 heavy (non-hydrogen) atoms. The molecule has 2 N–H and O–H groups in total. The van der Waals surface area contributed by atoms with Crippen LogP contribution in [0.25, 0.3) is 10.9 Å². The molecule has 3 nitrogen and oxygen atoms in total. The molecule has 1 aliphatic carbocycles. The van der Waals surface area contributed by atoms with Gasteiger partial charge in [-0.2, -0.15) is 0 Å². The highest BCUT2D eigenvalue weighted by Gasteiger charge is 2.36. The van der Waals surface area contributed by atoms with Crippen molar-refractivity contribution in [3.05, 3.63) is 36.0 Å². The molecule has 1 aromatic heterocycles. The van der Waals surface area contributed by atoms with Crippen molar-refractivity contribution in [2.24, 2.45) is 5.41 Å². The van der Waals surface area contributed by atoms with E-state index < -0.39 is 0 Å². The highest BCUT2D eigenvalue weighted by molar-refractivity contribution is 5.82. The van der Waals surface area contributed by atoms with Crippen molar-refractivity contribution in [2.75, 3.05) is 20.3 Å². The van der Waals surface area contributed by atoms with Gasteiger partial charge in [-0.1, -0.05) is 18.6 Å². The molecule has 0 radical (unpaired) electrons. The molecule has 0 unspecified atom stereocenters. The van der Waals surface area contributed by atoms with Crippen LogP contribution in [0.5, 0.6) is 0 Å². The molecule has 1 aromatic carbocycles. The molecule has 0 bridgehead atoms. The molecule has 1 aliphatic rings. The molecule has 2 aromatic rings. The lowest BCUT2D eigenvalue weighted by atomic mass is 9.69. The molecule has 0 aliphatic heterocycles. The van der Waals surface area contributed by atoms with Gasteiger partial charge in [0.05, 0.1) is 6.61 Å². The summed E-state index contributed by atoms with van der Waals surface area (Å²) >= 11 is 0. The Hall–Kier alpha value is -1.32. The van der Waals surface area contributed by atoms with Crippen LogP contribution in [0, 0.1) is 5.41 Å². The number of nitrogens with one attached hydrogen (secondary N) is 2. The number of methoxy groups -OCH3 is 1. The quantitative estimate of drug-likeness (QED) is 0.835. The Morgan fingerprint density at radius 3 is 2.95 bits per heavy atom. The van der Waals surface area contributed by atoms with Crippen LogP contribution in [0.2, 0.25) is 0 Å². The van der Waals surface area contributed by atoms with E-state index in [-0.39, 0.29) is 0 Å². The predicted molar refractivity (Wildman–Crippen MR) is 78.2 cm³/mol. The number of aromatic amines is 1. The molecule has 1 saturated carbocycles. The van der Waals surface area contributed by atoms with Gasteiger partial charge in [-0.25, -0.2) is 0 Å². The highest BCUT2D eigenvalue weighted by atomic mass is 16.5. The fraction of sp³-hybridized carbons (Fsp3) is 0.500. The summed E-state index contributed by atoms with van der Waals surface area (Å²) in [5.41, 5.74) is 2.97. The Morgan fingerprint density at radius 1 is 1.32 bits per heavy atom. The summed E-state index contributed by atoms with van der Waals surface area (Å²) in [4.78, 5) is 3.26. The number of fused-ring (bicyclic) bond motifs is 1. The van der Waals surface area contributed by atoms with Gasteiger partial charge < -0.3 is 15.0 Å². The maximum atomic E-state index is 5.36. The van der Waals surface area contributed by atoms with Gasteiger partial charge in [-0.3, -0.25) is 0 Å². The maximum Gasteiger partial charge on any atom is 0.0530 e. The first-order valence-electron chi connectivity index (χ1n) is 7.08. The molecule has 0 spiro atoms. The van der Waals surface area contributed by atoms with Gasteiger partial charge in [0.15, 0.2) is 0 Å². The van der Waals surface area contributed by atoms with E-state index in [0.717, 1.165) is 19.7 Å². The summed E-state index contributed by atoms with van der Waals surface area (Å²) in [6, 6.07) is 8.59. The first kappa shape index (κ1) is 12.7. The van der Waals surface area contributed by atoms with Crippen LogP contribution in [0.1, 0.15) is 24.8 Å². The third-order valence-electron chi connectivity index (χ3n) is 4.37. The smallest absolute Gasteiger partial charge is 0.0530 e. The van der Waals surface area contributed by atoms with Gasteiger partial charge in [0.1, 0.15) is 0 Å². The van der Waals surface area contributed by atoms with Crippen molar-refractivity contribution >= 4 is 10.9 Å². The lowest BCUT2D eigenvalue weighted by molar-refractivity contribution is 0.0177. The van der Waals surface area contributed by atoms with Crippen LogP contribution < -0.4 is 5.32 Å². The third-order valence-corrected chi connectivity index (χ3v) is 4.37. The molecule has 3 rings (SSSR count). The van der Waals surface area contributed by atoms with E-state index >= 15 is 0 Å². The van der Waals surface area contributed by atoms with Crippen molar-refractivity contribution in [3.63, 3.8) is 0 Å². The second-order valence-corrected chi connectivity index (χ2v) is 5.75. The minimum atomic E-state index is 0.390. The molecule has 3 heteroatoms. The number of hydrogen-bond acceptors (Lipinski definition) is 2. The van der Waals surface area contributed by atoms with Gasteiger partial charge in [0, 0.05) is 42.7 Å². The van der Waals surface area contributed by atoms with Gasteiger partial charge in [-0.15, -0.1) is 0 Å². The number of hydrogen-bond donors (Lipinski definition) is 2. The molecule has 0 atom stereocenters. The van der Waals surface area contributed by atoms with E-state index in [2.05, 4.69) is 34.6 Å². The Kier molecular flexibility index (Phi) is 3.58. The highest BCUT2D eigenvalue weighted by Crippen LogP contribution is 2.40. The summed E-state index contributed by atoms with van der Waals surface area (Å²) < 4.78 is 5.36. The van der Waals surface area contributed by atoms with E-state index in [0.29, 0.717) is 5.41 Å². The topological polar surface area (TPSA) is 37.0 Å². The van der Waals surface area contributed by atoms with Crippen molar-refractivity contribution in [3.8, 4) is 0 Å². The molecule has 1 heterocycles. The Labute approximate surface area is 114 Å². The summed E-state index contributed by atoms with van der Waals surface area (Å²) in [6.45, 7) is 2.87. The van der Waals surface area contributed by atoms with Crippen LogP contribution in [0.15, 0.2) is 30.5 Å². The van der Waals surface area contributed by atoms with Gasteiger partial charge >= 0.3 is 0 Å². The van der Waals surface area contributed by atoms with Gasteiger partial charge in [0.2, 0.25) is 0 Å². The Balaban J connectivity index is 1.62. The third kappa shape index (κ3) is 2.53. The largest absolute Gasteiger partial charge is 0.384 e. The monoisotopic (exact) mass is 258 g/mol. The fourth-order valence-electron chi connectivity index (χ4n) is 3.12. The van der Waals surface area contributed by atoms with E-state index in [1.165, 1.54) is 35.7 Å². The SMILES string of the molecule is COCC1(CNCc2cccc3[nH]ccc23)CCC1. The van der Waals surface area contributed by atoms with Crippen molar-refractivity contribution < 1.29 is 4.74 Å². The Bertz CT molecular complexity index is 542. The second kappa shape index (κ2) is 5.35. The number of aromatic nitrogens is 1. The zero-order valence-electron chi connectivity index (χ0n) is 11.5. The first-order valence-corrected chi connectivity index (χ1v) is 7.08. The predicted octanol–water partition coefficient (Wildman–Crippen LogP) is 3.07. The van der Waals surface area contributed by atoms with Crippen LogP contribution >= 0.6 is 0 Å². The Morgan fingerprint density at radius 2 is 2.21 bits per heavy atom. The molecule has 0 saturated heterocycles. The van der Waals surface area contributed by atoms with Crippen LogP contribution in [0.4, 0.5) is 0 Å². The van der Waals surface area contributed by atoms with Crippen molar-refractivity contribution in [2.45, 2.75) is 25.8 Å². The first-order chi connectivity index (χ1) is 9.33. The number of ether oxygens (including phenoxy) is 1. The molecular weight excluding hydrogens is 236 g/mol. The maximum absolute atomic E-state index is 5.36. The van der Waals surface area contributed by atoms with E-state index in [4.69, 9.17) is 4.74 Å². The lowest BCUT2D eigenvalue weighted by Gasteiger charge is -2.41. The molecule has 0 amide bonds. The average molecular weight is 258 g/mol. The summed E-state index contributed by atoms with van der Waals surface area (Å²) in [7, 11) is 1.81. The van der Waals surface area contributed by atoms with Gasteiger partial charge in [0.25, 0.3) is 0 Å². The zero-order chi connectivity index (χ0) is 13.1. The van der Waals surface area contributed by atoms with Gasteiger partial charge in [-0.05, 0) is 30.5 Å². The van der Waals surface area contributed by atoms with E-state index in [1.54, 1.807) is 7.11 Å². The summed E-state index contributed by atoms with van der Waals surface area (Å²) in [6.07, 6.45) is 5.94. The number of H-pyrrole nitrogens is 1. The lowest BCUT2D eigenvalue weighted by Crippen LogP contribution is -2.43. The minimum Gasteiger partial charge on any atom is -0.384 e.